The number of para-hydroxylation sites is 1. The second-order valence-electron chi connectivity index (χ2n) is 5.62. The first-order chi connectivity index (χ1) is 9.50. The molecule has 3 heteroatoms. The van der Waals surface area contributed by atoms with Gasteiger partial charge in [-0.2, -0.15) is 0 Å². The Hall–Kier alpha value is -2.16. The van der Waals surface area contributed by atoms with Crippen LogP contribution in [0.5, 0.6) is 0 Å². The molecule has 2 aromatic carbocycles. The molecule has 0 aromatic heterocycles. The van der Waals surface area contributed by atoms with E-state index in [1.165, 1.54) is 0 Å². The monoisotopic (exact) mass is 269 g/mol. The Morgan fingerprint density at radius 2 is 1.50 bits per heavy atom. The van der Waals surface area contributed by atoms with E-state index in [9.17, 15) is 0 Å². The van der Waals surface area contributed by atoms with Gasteiger partial charge in [0, 0.05) is 28.2 Å². The Kier molecular flexibility index (Phi) is 4.18. The largest absolute Gasteiger partial charge is 0.398 e. The molecule has 20 heavy (non-hydrogen) atoms. The maximum atomic E-state index is 6.19. The van der Waals surface area contributed by atoms with Crippen molar-refractivity contribution in [2.24, 2.45) is 5.92 Å². The predicted octanol–water partition coefficient (Wildman–Crippen LogP) is 3.69. The number of benzene rings is 2. The molecule has 0 aliphatic heterocycles. The van der Waals surface area contributed by atoms with E-state index in [2.05, 4.69) is 13.8 Å². The summed E-state index contributed by atoms with van der Waals surface area (Å²) < 4.78 is 0. The van der Waals surface area contributed by atoms with Crippen LogP contribution in [0.15, 0.2) is 36.4 Å². The van der Waals surface area contributed by atoms with Gasteiger partial charge in [-0.05, 0) is 42.5 Å². The van der Waals surface area contributed by atoms with Crippen LogP contribution in [0.4, 0.5) is 17.1 Å². The lowest BCUT2D eigenvalue weighted by Crippen LogP contribution is -2.04. The summed E-state index contributed by atoms with van der Waals surface area (Å²) in [6.45, 7) is 4.41. The zero-order chi connectivity index (χ0) is 14.7. The maximum Gasteiger partial charge on any atom is 0.0398 e. The molecule has 3 nitrogen and oxygen atoms in total. The highest BCUT2D eigenvalue weighted by molar-refractivity contribution is 5.89. The third kappa shape index (κ3) is 2.87. The van der Waals surface area contributed by atoms with Gasteiger partial charge in [0.25, 0.3) is 0 Å². The number of anilines is 3. The Morgan fingerprint density at radius 3 is 2.15 bits per heavy atom. The van der Waals surface area contributed by atoms with Crippen molar-refractivity contribution in [2.45, 2.75) is 26.7 Å². The first kappa shape index (κ1) is 14.3. The van der Waals surface area contributed by atoms with Crippen LogP contribution in [0, 0.1) is 5.92 Å². The second kappa shape index (κ2) is 5.87. The molecule has 106 valence electrons. The zero-order valence-electron chi connectivity index (χ0n) is 12.2. The van der Waals surface area contributed by atoms with E-state index >= 15 is 0 Å². The minimum atomic E-state index is 0.622. The fourth-order valence-corrected chi connectivity index (χ4v) is 2.43. The van der Waals surface area contributed by atoms with E-state index in [-0.39, 0.29) is 0 Å². The van der Waals surface area contributed by atoms with Gasteiger partial charge in [0.05, 0.1) is 0 Å². The lowest BCUT2D eigenvalue weighted by atomic mass is 9.91. The summed E-state index contributed by atoms with van der Waals surface area (Å²) in [4.78, 5) is 0. The van der Waals surface area contributed by atoms with Gasteiger partial charge >= 0.3 is 0 Å². The van der Waals surface area contributed by atoms with Gasteiger partial charge in [-0.1, -0.05) is 32.0 Å². The van der Waals surface area contributed by atoms with Gasteiger partial charge in [0.2, 0.25) is 0 Å². The molecule has 0 atom stereocenters. The standard InChI is InChI=1S/C17H23N3/c1-11(2)7-8-13-15(19)9-10-16(20)17(13)12-5-3-4-6-14(12)18/h3-6,9-11H,7-8,18-20H2,1-2H3. The molecule has 0 unspecified atom stereocenters. The smallest absolute Gasteiger partial charge is 0.0398 e. The van der Waals surface area contributed by atoms with Crippen LogP contribution in [-0.4, -0.2) is 0 Å². The third-order valence-corrected chi connectivity index (χ3v) is 3.58. The lowest BCUT2D eigenvalue weighted by molar-refractivity contribution is 0.588. The number of nitrogens with two attached hydrogens (primary N) is 3. The normalized spacial score (nSPS) is 10.9. The molecule has 0 radical (unpaired) electrons. The lowest BCUT2D eigenvalue weighted by Gasteiger charge is -2.17. The average molecular weight is 269 g/mol. The van der Waals surface area contributed by atoms with Gasteiger partial charge in [-0.3, -0.25) is 0 Å². The molecule has 0 heterocycles. The molecule has 0 aliphatic rings. The average Bonchev–Trinajstić information content (AvgIpc) is 2.40. The first-order valence-electron chi connectivity index (χ1n) is 7.02. The van der Waals surface area contributed by atoms with Crippen LogP contribution in [0.25, 0.3) is 11.1 Å². The fourth-order valence-electron chi connectivity index (χ4n) is 2.43. The van der Waals surface area contributed by atoms with E-state index in [1.54, 1.807) is 0 Å². The summed E-state index contributed by atoms with van der Waals surface area (Å²) in [5.74, 6) is 0.622. The molecule has 0 bridgehead atoms. The van der Waals surface area contributed by atoms with E-state index in [0.717, 1.165) is 46.6 Å². The van der Waals surface area contributed by atoms with E-state index in [0.29, 0.717) is 5.92 Å². The van der Waals surface area contributed by atoms with Crippen molar-refractivity contribution in [3.05, 3.63) is 42.0 Å². The summed E-state index contributed by atoms with van der Waals surface area (Å²) in [7, 11) is 0. The minimum Gasteiger partial charge on any atom is -0.398 e. The molecule has 0 saturated carbocycles. The number of rotatable bonds is 4. The minimum absolute atomic E-state index is 0.622. The van der Waals surface area contributed by atoms with Crippen molar-refractivity contribution in [2.75, 3.05) is 17.2 Å². The molecule has 0 spiro atoms. The first-order valence-corrected chi connectivity index (χ1v) is 7.02. The molecule has 0 amide bonds. The van der Waals surface area contributed by atoms with E-state index < -0.39 is 0 Å². The van der Waals surface area contributed by atoms with Gasteiger partial charge in [0.15, 0.2) is 0 Å². The molecule has 2 aromatic rings. The summed E-state index contributed by atoms with van der Waals surface area (Å²) >= 11 is 0. The molecule has 0 saturated heterocycles. The van der Waals surface area contributed by atoms with Crippen molar-refractivity contribution >= 4 is 17.1 Å². The highest BCUT2D eigenvalue weighted by Crippen LogP contribution is 2.37. The van der Waals surface area contributed by atoms with Gasteiger partial charge in [-0.15, -0.1) is 0 Å². The van der Waals surface area contributed by atoms with Gasteiger partial charge < -0.3 is 17.2 Å². The van der Waals surface area contributed by atoms with Crippen LogP contribution in [-0.2, 0) is 6.42 Å². The van der Waals surface area contributed by atoms with E-state index in [1.807, 2.05) is 36.4 Å². The summed E-state index contributed by atoms with van der Waals surface area (Å²) in [6.07, 6.45) is 1.99. The SMILES string of the molecule is CC(C)CCc1c(N)ccc(N)c1-c1ccccc1N. The molecule has 2 rings (SSSR count). The molecule has 6 N–H and O–H groups in total. The zero-order valence-corrected chi connectivity index (χ0v) is 12.2. The van der Waals surface area contributed by atoms with Crippen LogP contribution >= 0.6 is 0 Å². The predicted molar refractivity (Wildman–Crippen MR) is 88.3 cm³/mol. The highest BCUT2D eigenvalue weighted by atomic mass is 14.6. The van der Waals surface area contributed by atoms with Crippen molar-refractivity contribution < 1.29 is 0 Å². The van der Waals surface area contributed by atoms with E-state index in [4.69, 9.17) is 17.2 Å². The molecular weight excluding hydrogens is 246 g/mol. The summed E-state index contributed by atoms with van der Waals surface area (Å²) in [5, 5.41) is 0. The Labute approximate surface area is 120 Å². The molecule has 0 aliphatic carbocycles. The van der Waals surface area contributed by atoms with Crippen LogP contribution in [0.1, 0.15) is 25.8 Å². The van der Waals surface area contributed by atoms with Gasteiger partial charge in [0.1, 0.15) is 0 Å². The highest BCUT2D eigenvalue weighted by Gasteiger charge is 2.14. The Balaban J connectivity index is 2.56. The maximum absolute atomic E-state index is 6.19. The van der Waals surface area contributed by atoms with Crippen molar-refractivity contribution in [1.82, 2.24) is 0 Å². The van der Waals surface area contributed by atoms with Crippen molar-refractivity contribution in [3.8, 4) is 11.1 Å². The summed E-state index contributed by atoms with van der Waals surface area (Å²) in [6, 6.07) is 11.5. The number of hydrogen-bond acceptors (Lipinski definition) is 3. The number of nitrogen functional groups attached to an aromatic ring is 3. The Bertz CT molecular complexity index is 603. The third-order valence-electron chi connectivity index (χ3n) is 3.58. The quantitative estimate of drug-likeness (QED) is 0.741. The molecule has 0 fully saturated rings. The van der Waals surface area contributed by atoms with Crippen LogP contribution < -0.4 is 17.2 Å². The summed E-state index contributed by atoms with van der Waals surface area (Å²) in [5.41, 5.74) is 23.8. The second-order valence-corrected chi connectivity index (χ2v) is 5.62. The topological polar surface area (TPSA) is 78.1 Å². The van der Waals surface area contributed by atoms with Crippen molar-refractivity contribution in [1.29, 1.82) is 0 Å². The Morgan fingerprint density at radius 1 is 0.850 bits per heavy atom. The molecular formula is C17H23N3. The van der Waals surface area contributed by atoms with Gasteiger partial charge in [-0.25, -0.2) is 0 Å². The number of hydrogen-bond donors (Lipinski definition) is 3. The fraction of sp³-hybridized carbons (Fsp3) is 0.294. The van der Waals surface area contributed by atoms with Crippen LogP contribution in [0.2, 0.25) is 0 Å². The van der Waals surface area contributed by atoms with Crippen LogP contribution in [0.3, 0.4) is 0 Å². The van der Waals surface area contributed by atoms with Crippen molar-refractivity contribution in [3.63, 3.8) is 0 Å².